The molecule has 0 atom stereocenters. The van der Waals surface area contributed by atoms with E-state index in [0.717, 1.165) is 16.5 Å². The van der Waals surface area contributed by atoms with Crippen molar-refractivity contribution in [2.75, 3.05) is 6.61 Å². The molecule has 0 spiro atoms. The number of benzene rings is 1. The van der Waals surface area contributed by atoms with Crippen LogP contribution in [0.3, 0.4) is 0 Å². The molecule has 2 aromatic rings. The largest absolute Gasteiger partial charge is 0.462 e. The average molecular weight is 203 g/mol. The summed E-state index contributed by atoms with van der Waals surface area (Å²) in [6.07, 6.45) is 1.83. The van der Waals surface area contributed by atoms with Gasteiger partial charge in [-0.3, -0.25) is 0 Å². The molecule has 0 amide bonds. The molecule has 78 valence electrons. The Bertz CT molecular complexity index is 499. The first-order valence-electron chi connectivity index (χ1n) is 4.98. The quantitative estimate of drug-likeness (QED) is 0.762. The number of aromatic amines is 1. The fourth-order valence-electron chi connectivity index (χ4n) is 1.70. The van der Waals surface area contributed by atoms with Crippen molar-refractivity contribution in [3.63, 3.8) is 0 Å². The number of fused-ring (bicyclic) bond motifs is 1. The SMILES string of the molecule is CCOC(=O)c1c(C)ccc2cc[nH]c12. The standard InChI is InChI=1S/C12H13NO2/c1-3-15-12(14)10-8(2)4-5-9-6-7-13-11(9)10/h4-7,13H,3H2,1-2H3. The molecule has 1 aromatic carbocycles. The van der Waals surface area contributed by atoms with Crippen LogP contribution in [0.1, 0.15) is 22.8 Å². The highest BCUT2D eigenvalue weighted by Crippen LogP contribution is 2.21. The Morgan fingerprint density at radius 2 is 2.20 bits per heavy atom. The molecule has 0 bridgehead atoms. The van der Waals surface area contributed by atoms with Crippen molar-refractivity contribution < 1.29 is 9.53 Å². The third-order valence-electron chi connectivity index (χ3n) is 2.42. The van der Waals surface area contributed by atoms with Gasteiger partial charge in [-0.15, -0.1) is 0 Å². The minimum atomic E-state index is -0.261. The number of aryl methyl sites for hydroxylation is 1. The molecular formula is C12H13NO2. The second-order valence-electron chi connectivity index (χ2n) is 3.42. The van der Waals surface area contributed by atoms with Crippen LogP contribution in [0.15, 0.2) is 24.4 Å². The van der Waals surface area contributed by atoms with E-state index in [9.17, 15) is 4.79 Å². The molecule has 0 saturated heterocycles. The van der Waals surface area contributed by atoms with E-state index in [2.05, 4.69) is 4.98 Å². The van der Waals surface area contributed by atoms with Gasteiger partial charge in [0.2, 0.25) is 0 Å². The van der Waals surface area contributed by atoms with Gasteiger partial charge in [0.15, 0.2) is 0 Å². The molecule has 0 radical (unpaired) electrons. The summed E-state index contributed by atoms with van der Waals surface area (Å²) in [6.45, 7) is 4.12. The molecule has 0 fully saturated rings. The normalized spacial score (nSPS) is 10.5. The second kappa shape index (κ2) is 3.77. The van der Waals surface area contributed by atoms with Gasteiger partial charge in [0, 0.05) is 11.6 Å². The Morgan fingerprint density at radius 3 is 2.93 bits per heavy atom. The number of carbonyl (C=O) groups is 1. The molecule has 0 saturated carbocycles. The zero-order valence-corrected chi connectivity index (χ0v) is 8.83. The molecule has 1 N–H and O–H groups in total. The van der Waals surface area contributed by atoms with Gasteiger partial charge >= 0.3 is 5.97 Å². The number of rotatable bonds is 2. The molecule has 3 nitrogen and oxygen atoms in total. The highest BCUT2D eigenvalue weighted by Gasteiger charge is 2.14. The topological polar surface area (TPSA) is 42.1 Å². The van der Waals surface area contributed by atoms with Crippen molar-refractivity contribution >= 4 is 16.9 Å². The van der Waals surface area contributed by atoms with Gasteiger partial charge in [0.25, 0.3) is 0 Å². The van der Waals surface area contributed by atoms with Gasteiger partial charge in [-0.25, -0.2) is 4.79 Å². The lowest BCUT2D eigenvalue weighted by Gasteiger charge is -2.06. The van der Waals surface area contributed by atoms with Crippen molar-refractivity contribution in [3.8, 4) is 0 Å². The predicted molar refractivity (Wildman–Crippen MR) is 59.0 cm³/mol. The molecule has 15 heavy (non-hydrogen) atoms. The van der Waals surface area contributed by atoms with E-state index < -0.39 is 0 Å². The number of esters is 1. The van der Waals surface area contributed by atoms with Crippen LogP contribution < -0.4 is 0 Å². The van der Waals surface area contributed by atoms with Crippen LogP contribution in [0, 0.1) is 6.92 Å². The predicted octanol–water partition coefficient (Wildman–Crippen LogP) is 2.65. The first-order valence-corrected chi connectivity index (χ1v) is 4.98. The number of hydrogen-bond acceptors (Lipinski definition) is 2. The Labute approximate surface area is 88.1 Å². The van der Waals surface area contributed by atoms with Crippen LogP contribution in [0.25, 0.3) is 10.9 Å². The van der Waals surface area contributed by atoms with Gasteiger partial charge in [-0.05, 0) is 25.5 Å². The number of aromatic nitrogens is 1. The summed E-state index contributed by atoms with van der Waals surface area (Å²) in [5.74, 6) is -0.261. The lowest BCUT2D eigenvalue weighted by molar-refractivity contribution is 0.0527. The minimum Gasteiger partial charge on any atom is -0.462 e. The van der Waals surface area contributed by atoms with Gasteiger partial charge in [0.1, 0.15) is 0 Å². The summed E-state index contributed by atoms with van der Waals surface area (Å²) < 4.78 is 5.03. The van der Waals surface area contributed by atoms with Crippen molar-refractivity contribution in [3.05, 3.63) is 35.5 Å². The third-order valence-corrected chi connectivity index (χ3v) is 2.42. The summed E-state index contributed by atoms with van der Waals surface area (Å²) in [4.78, 5) is 14.8. The van der Waals surface area contributed by atoms with Gasteiger partial charge in [0.05, 0.1) is 17.7 Å². The van der Waals surface area contributed by atoms with E-state index in [4.69, 9.17) is 4.74 Å². The third kappa shape index (κ3) is 1.61. The van der Waals surface area contributed by atoms with E-state index in [1.807, 2.05) is 38.2 Å². The molecule has 0 unspecified atom stereocenters. The smallest absolute Gasteiger partial charge is 0.340 e. The number of nitrogens with one attached hydrogen (secondary N) is 1. The van der Waals surface area contributed by atoms with Crippen LogP contribution >= 0.6 is 0 Å². The second-order valence-corrected chi connectivity index (χ2v) is 3.42. The van der Waals surface area contributed by atoms with Crippen LogP contribution in [0.5, 0.6) is 0 Å². The summed E-state index contributed by atoms with van der Waals surface area (Å²) >= 11 is 0. The summed E-state index contributed by atoms with van der Waals surface area (Å²) in [5.41, 5.74) is 2.43. The van der Waals surface area contributed by atoms with E-state index >= 15 is 0 Å². The highest BCUT2D eigenvalue weighted by molar-refractivity contribution is 6.04. The van der Waals surface area contributed by atoms with E-state index in [1.165, 1.54) is 0 Å². The molecule has 1 aromatic heterocycles. The molecule has 1 heterocycles. The Hall–Kier alpha value is -1.77. The van der Waals surface area contributed by atoms with Crippen LogP contribution in [-0.2, 0) is 4.74 Å². The number of hydrogen-bond donors (Lipinski definition) is 1. The van der Waals surface area contributed by atoms with Crippen LogP contribution in [0.2, 0.25) is 0 Å². The average Bonchev–Trinajstić information content (AvgIpc) is 2.65. The van der Waals surface area contributed by atoms with E-state index in [0.29, 0.717) is 12.2 Å². The van der Waals surface area contributed by atoms with E-state index in [1.54, 1.807) is 0 Å². The van der Waals surface area contributed by atoms with Crippen LogP contribution in [-0.4, -0.2) is 17.6 Å². The summed E-state index contributed by atoms with van der Waals surface area (Å²) in [6, 6.07) is 5.86. The van der Waals surface area contributed by atoms with Crippen molar-refractivity contribution in [2.45, 2.75) is 13.8 Å². The lowest BCUT2D eigenvalue weighted by Crippen LogP contribution is -2.07. The Kier molecular flexibility index (Phi) is 2.46. The molecule has 0 aliphatic carbocycles. The van der Waals surface area contributed by atoms with Gasteiger partial charge < -0.3 is 9.72 Å². The summed E-state index contributed by atoms with van der Waals surface area (Å²) in [7, 11) is 0. The zero-order chi connectivity index (χ0) is 10.8. The molecule has 2 rings (SSSR count). The zero-order valence-electron chi connectivity index (χ0n) is 8.83. The molecule has 3 heteroatoms. The first kappa shape index (κ1) is 9.77. The lowest BCUT2D eigenvalue weighted by atomic mass is 10.1. The maximum Gasteiger partial charge on any atom is 0.340 e. The minimum absolute atomic E-state index is 0.261. The fourth-order valence-corrected chi connectivity index (χ4v) is 1.70. The fraction of sp³-hybridized carbons (Fsp3) is 0.250. The molecule has 0 aliphatic heterocycles. The van der Waals surface area contributed by atoms with Gasteiger partial charge in [-0.1, -0.05) is 12.1 Å². The van der Waals surface area contributed by atoms with Crippen LogP contribution in [0.4, 0.5) is 0 Å². The summed E-state index contributed by atoms with van der Waals surface area (Å²) in [5, 5.41) is 1.03. The highest BCUT2D eigenvalue weighted by atomic mass is 16.5. The van der Waals surface area contributed by atoms with Gasteiger partial charge in [-0.2, -0.15) is 0 Å². The Balaban J connectivity index is 2.61. The van der Waals surface area contributed by atoms with E-state index in [-0.39, 0.29) is 5.97 Å². The van der Waals surface area contributed by atoms with Crippen molar-refractivity contribution in [1.82, 2.24) is 4.98 Å². The number of H-pyrrole nitrogens is 1. The number of ether oxygens (including phenoxy) is 1. The van der Waals surface area contributed by atoms with Crippen molar-refractivity contribution in [2.24, 2.45) is 0 Å². The molecular weight excluding hydrogens is 190 g/mol. The molecule has 0 aliphatic rings. The first-order chi connectivity index (χ1) is 7.24. The maximum atomic E-state index is 11.7. The number of carbonyl (C=O) groups excluding carboxylic acids is 1. The van der Waals surface area contributed by atoms with Crippen molar-refractivity contribution in [1.29, 1.82) is 0 Å². The Morgan fingerprint density at radius 1 is 1.40 bits per heavy atom. The maximum absolute atomic E-state index is 11.7. The monoisotopic (exact) mass is 203 g/mol.